The molecule has 1 aromatic heterocycles. The lowest BCUT2D eigenvalue weighted by Gasteiger charge is -2.18. The van der Waals surface area contributed by atoms with E-state index in [1.165, 1.54) is 12.1 Å². The number of nitrogens with one attached hydrogen (secondary N) is 2. The van der Waals surface area contributed by atoms with E-state index in [0.29, 0.717) is 16.3 Å². The molecule has 0 fully saturated rings. The van der Waals surface area contributed by atoms with Gasteiger partial charge in [-0.25, -0.2) is 14.0 Å². The molecule has 10 heteroatoms. The summed E-state index contributed by atoms with van der Waals surface area (Å²) < 4.78 is 25.1. The van der Waals surface area contributed by atoms with E-state index in [-0.39, 0.29) is 25.3 Å². The third kappa shape index (κ3) is 8.61. The fourth-order valence-electron chi connectivity index (χ4n) is 3.83. The van der Waals surface area contributed by atoms with Gasteiger partial charge in [-0.15, -0.1) is 0 Å². The van der Waals surface area contributed by atoms with Gasteiger partial charge in [0.15, 0.2) is 0 Å². The minimum atomic E-state index is -1.29. The number of pyridine rings is 1. The Morgan fingerprint density at radius 3 is 2.17 bits per heavy atom. The lowest BCUT2D eigenvalue weighted by Crippen LogP contribution is -2.49. The number of amides is 2. The van der Waals surface area contributed by atoms with Gasteiger partial charge in [0.2, 0.25) is 0 Å². The Hall–Kier alpha value is -4.76. The van der Waals surface area contributed by atoms with Gasteiger partial charge in [0.05, 0.1) is 10.7 Å². The number of alkyl carbamates (subject to hydrolysis) is 1. The van der Waals surface area contributed by atoms with Crippen molar-refractivity contribution in [3.63, 3.8) is 0 Å². The number of aryl methyl sites for hydroxylation is 1. The van der Waals surface area contributed by atoms with E-state index in [1.54, 1.807) is 60.8 Å². The van der Waals surface area contributed by atoms with Gasteiger partial charge in [-0.05, 0) is 47.9 Å². The molecule has 4 aromatic rings. The molecule has 0 unspecified atom stereocenters. The van der Waals surface area contributed by atoms with Crippen LogP contribution < -0.4 is 10.6 Å². The van der Waals surface area contributed by atoms with Crippen molar-refractivity contribution in [3.05, 3.63) is 124 Å². The molecule has 0 radical (unpaired) electrons. The van der Waals surface area contributed by atoms with Crippen LogP contribution in [0.15, 0.2) is 91.1 Å². The summed E-state index contributed by atoms with van der Waals surface area (Å²) in [6.45, 7) is 1.41. The van der Waals surface area contributed by atoms with Gasteiger partial charge in [-0.3, -0.25) is 9.78 Å². The zero-order valence-electron chi connectivity index (χ0n) is 22.1. The van der Waals surface area contributed by atoms with Crippen molar-refractivity contribution in [2.75, 3.05) is 6.54 Å². The van der Waals surface area contributed by atoms with Crippen molar-refractivity contribution in [1.29, 1.82) is 0 Å². The molecule has 8 nitrogen and oxygen atoms in total. The number of nitrogens with zero attached hydrogens (tertiary/aromatic N) is 1. The third-order valence-electron chi connectivity index (χ3n) is 5.89. The Morgan fingerprint density at radius 1 is 0.902 bits per heavy atom. The van der Waals surface area contributed by atoms with Crippen LogP contribution in [0, 0.1) is 12.7 Å². The van der Waals surface area contributed by atoms with Crippen molar-refractivity contribution in [2.45, 2.75) is 26.2 Å². The standard InChI is InChI=1S/C31H27ClFN3O5/c1-20-12-26(32)28(34-16-20)23-13-24(15-25(33)14-23)29(37)35-17-27(30(38)40-18-21-8-4-2-5-9-21)36-31(39)41-19-22-10-6-3-7-11-22/h2-16,27H,17-19H2,1H3,(H,35,37)(H,36,39)/t27-/m1/s1. The molecule has 0 saturated carbocycles. The highest BCUT2D eigenvalue weighted by molar-refractivity contribution is 6.33. The molecule has 0 aliphatic carbocycles. The third-order valence-corrected chi connectivity index (χ3v) is 6.18. The van der Waals surface area contributed by atoms with Crippen molar-refractivity contribution >= 4 is 29.6 Å². The van der Waals surface area contributed by atoms with Gasteiger partial charge in [-0.2, -0.15) is 0 Å². The van der Waals surface area contributed by atoms with Gasteiger partial charge in [-0.1, -0.05) is 72.3 Å². The molecule has 41 heavy (non-hydrogen) atoms. The van der Waals surface area contributed by atoms with Crippen molar-refractivity contribution in [2.24, 2.45) is 0 Å². The van der Waals surface area contributed by atoms with Gasteiger partial charge >= 0.3 is 12.1 Å². The number of rotatable bonds is 10. The van der Waals surface area contributed by atoms with Crippen LogP contribution in [0.5, 0.6) is 0 Å². The molecule has 1 atom stereocenters. The number of hydrogen-bond acceptors (Lipinski definition) is 6. The second kappa shape index (κ2) is 14.0. The summed E-state index contributed by atoms with van der Waals surface area (Å²) in [5, 5.41) is 5.30. The Morgan fingerprint density at radius 2 is 1.54 bits per heavy atom. The van der Waals surface area contributed by atoms with E-state index in [0.717, 1.165) is 22.8 Å². The van der Waals surface area contributed by atoms with Crippen LogP contribution in [-0.4, -0.2) is 35.5 Å². The molecule has 210 valence electrons. The summed E-state index contributed by atoms with van der Waals surface area (Å²) in [5.41, 5.74) is 2.92. The van der Waals surface area contributed by atoms with Gasteiger partial charge in [0.1, 0.15) is 25.1 Å². The fraction of sp³-hybridized carbons (Fsp3) is 0.161. The van der Waals surface area contributed by atoms with Crippen molar-refractivity contribution in [1.82, 2.24) is 15.6 Å². The van der Waals surface area contributed by atoms with Crippen LogP contribution >= 0.6 is 11.6 Å². The van der Waals surface area contributed by atoms with Crippen LogP contribution in [0.4, 0.5) is 9.18 Å². The van der Waals surface area contributed by atoms with E-state index in [9.17, 15) is 18.8 Å². The molecule has 0 aliphatic heterocycles. The summed E-state index contributed by atoms with van der Waals surface area (Å²) in [5.74, 6) is -2.15. The Balaban J connectivity index is 1.45. The molecule has 0 spiro atoms. The first-order valence-electron chi connectivity index (χ1n) is 12.7. The van der Waals surface area contributed by atoms with Crippen molar-refractivity contribution in [3.8, 4) is 11.3 Å². The Kier molecular flexibility index (Phi) is 10.0. The van der Waals surface area contributed by atoms with Gasteiger partial charge in [0.25, 0.3) is 5.91 Å². The normalized spacial score (nSPS) is 11.3. The van der Waals surface area contributed by atoms with E-state index < -0.39 is 29.8 Å². The highest BCUT2D eigenvalue weighted by Gasteiger charge is 2.25. The average Bonchev–Trinajstić information content (AvgIpc) is 2.97. The lowest BCUT2D eigenvalue weighted by atomic mass is 10.1. The number of aromatic nitrogens is 1. The number of halogens is 2. The van der Waals surface area contributed by atoms with Crippen LogP contribution in [0.25, 0.3) is 11.3 Å². The number of hydrogen-bond donors (Lipinski definition) is 2. The van der Waals surface area contributed by atoms with E-state index in [1.807, 2.05) is 19.1 Å². The zero-order chi connectivity index (χ0) is 29.2. The van der Waals surface area contributed by atoms with E-state index in [4.69, 9.17) is 21.1 Å². The Labute approximate surface area is 241 Å². The first kappa shape index (κ1) is 29.2. The molecule has 2 amide bonds. The number of carbonyl (C=O) groups excluding carboxylic acids is 3. The quantitative estimate of drug-likeness (QED) is 0.238. The maximum Gasteiger partial charge on any atom is 0.408 e. The SMILES string of the molecule is Cc1cnc(-c2cc(F)cc(C(=O)NC[C@@H](NC(=O)OCc3ccccc3)C(=O)OCc3ccccc3)c2)c(Cl)c1. The zero-order valence-corrected chi connectivity index (χ0v) is 22.9. The molecule has 2 N–H and O–H groups in total. The fourth-order valence-corrected chi connectivity index (χ4v) is 4.16. The molecule has 0 bridgehead atoms. The summed E-state index contributed by atoms with van der Waals surface area (Å²) in [6.07, 6.45) is 0.706. The molecular weight excluding hydrogens is 549 g/mol. The molecule has 1 heterocycles. The minimum absolute atomic E-state index is 0.0213. The molecule has 0 saturated heterocycles. The number of ether oxygens (including phenoxy) is 2. The van der Waals surface area contributed by atoms with E-state index in [2.05, 4.69) is 15.6 Å². The van der Waals surface area contributed by atoms with Gasteiger partial charge < -0.3 is 20.1 Å². The predicted octanol–water partition coefficient (Wildman–Crippen LogP) is 5.62. The second-order valence-electron chi connectivity index (χ2n) is 9.13. The summed E-state index contributed by atoms with van der Waals surface area (Å²) >= 11 is 6.28. The second-order valence-corrected chi connectivity index (χ2v) is 9.54. The smallest absolute Gasteiger partial charge is 0.408 e. The summed E-state index contributed by atoms with van der Waals surface area (Å²) in [6, 6.07) is 22.1. The molecule has 4 rings (SSSR count). The number of benzene rings is 3. The van der Waals surface area contributed by atoms with Crippen LogP contribution in [-0.2, 0) is 27.5 Å². The average molecular weight is 576 g/mol. The first-order valence-corrected chi connectivity index (χ1v) is 13.1. The largest absolute Gasteiger partial charge is 0.459 e. The van der Waals surface area contributed by atoms with Crippen LogP contribution in [0.2, 0.25) is 5.02 Å². The number of esters is 1. The summed E-state index contributed by atoms with van der Waals surface area (Å²) in [7, 11) is 0. The topological polar surface area (TPSA) is 107 Å². The van der Waals surface area contributed by atoms with Gasteiger partial charge in [0, 0.05) is 23.9 Å². The van der Waals surface area contributed by atoms with E-state index >= 15 is 0 Å². The molecule has 0 aliphatic rings. The maximum atomic E-state index is 14.5. The lowest BCUT2D eigenvalue weighted by molar-refractivity contribution is -0.147. The molecule has 3 aromatic carbocycles. The van der Waals surface area contributed by atoms with Crippen LogP contribution in [0.1, 0.15) is 27.0 Å². The monoisotopic (exact) mass is 575 g/mol. The minimum Gasteiger partial charge on any atom is -0.459 e. The van der Waals surface area contributed by atoms with Crippen molar-refractivity contribution < 1.29 is 28.2 Å². The predicted molar refractivity (Wildman–Crippen MR) is 151 cm³/mol. The summed E-state index contributed by atoms with van der Waals surface area (Å²) in [4.78, 5) is 42.7. The number of carbonyl (C=O) groups is 3. The van der Waals surface area contributed by atoms with Crippen LogP contribution in [0.3, 0.4) is 0 Å². The first-order chi connectivity index (χ1) is 19.8. The maximum absolute atomic E-state index is 14.5. The highest BCUT2D eigenvalue weighted by Crippen LogP contribution is 2.28. The molecular formula is C31H27ClFN3O5. The highest BCUT2D eigenvalue weighted by atomic mass is 35.5. The Bertz CT molecular complexity index is 1520.